The molecule has 2 heterocycles. The molecule has 0 saturated carbocycles. The van der Waals surface area contributed by atoms with Crippen LogP contribution in [-0.4, -0.2) is 28.7 Å². The highest BCUT2D eigenvalue weighted by atomic mass is 16.5. The number of hydrogen-bond acceptors (Lipinski definition) is 3. The van der Waals surface area contributed by atoms with E-state index in [9.17, 15) is 0 Å². The first-order valence-corrected chi connectivity index (χ1v) is 5.53. The molecular formula is C11H19N3O. The van der Waals surface area contributed by atoms with Gasteiger partial charge in [-0.05, 0) is 26.7 Å². The minimum absolute atomic E-state index is 0.0320. The molecule has 1 aromatic rings. The molecule has 0 aliphatic carbocycles. The predicted octanol–water partition coefficient (Wildman–Crippen LogP) is 1.38. The molecule has 1 saturated heterocycles. The van der Waals surface area contributed by atoms with E-state index in [1.54, 1.807) is 6.33 Å². The Labute approximate surface area is 90.4 Å². The van der Waals surface area contributed by atoms with Crippen molar-refractivity contribution in [3.8, 4) is 0 Å². The predicted molar refractivity (Wildman–Crippen MR) is 58.6 cm³/mol. The first kappa shape index (κ1) is 10.6. The number of nitrogens with one attached hydrogen (secondary N) is 2. The molecule has 1 aliphatic heterocycles. The molecule has 0 radical (unpaired) electrons. The monoisotopic (exact) mass is 209 g/mol. The molecule has 2 rings (SSSR count). The standard InChI is InChI=1S/C11H19N3O/c1-9-10(14-8-13-9)6-12-7-11(2)4-3-5-15-11/h8,12H,3-7H2,1-2H3,(H,13,14). The lowest BCUT2D eigenvalue weighted by atomic mass is 10.0. The minimum atomic E-state index is 0.0320. The maximum atomic E-state index is 5.70. The van der Waals surface area contributed by atoms with Crippen LogP contribution in [0.15, 0.2) is 6.33 Å². The number of nitrogens with zero attached hydrogens (tertiary/aromatic N) is 1. The normalized spacial score (nSPS) is 26.0. The molecule has 1 fully saturated rings. The summed E-state index contributed by atoms with van der Waals surface area (Å²) in [6.45, 7) is 6.83. The molecule has 0 spiro atoms. The number of aryl methyl sites for hydroxylation is 1. The van der Waals surface area contributed by atoms with Gasteiger partial charge >= 0.3 is 0 Å². The van der Waals surface area contributed by atoms with E-state index >= 15 is 0 Å². The van der Waals surface area contributed by atoms with Crippen LogP contribution in [0.2, 0.25) is 0 Å². The van der Waals surface area contributed by atoms with Gasteiger partial charge in [-0.15, -0.1) is 0 Å². The summed E-state index contributed by atoms with van der Waals surface area (Å²) in [5.41, 5.74) is 2.26. The molecule has 4 heteroatoms. The van der Waals surface area contributed by atoms with Gasteiger partial charge in [0.15, 0.2) is 0 Å². The zero-order valence-electron chi connectivity index (χ0n) is 9.47. The highest BCUT2D eigenvalue weighted by molar-refractivity contribution is 5.08. The number of rotatable bonds is 4. The summed E-state index contributed by atoms with van der Waals surface area (Å²) in [5, 5.41) is 3.40. The molecule has 0 aromatic carbocycles. The van der Waals surface area contributed by atoms with Gasteiger partial charge in [0, 0.05) is 25.4 Å². The third kappa shape index (κ3) is 2.58. The van der Waals surface area contributed by atoms with E-state index in [1.807, 2.05) is 6.92 Å². The molecule has 2 N–H and O–H groups in total. The Morgan fingerprint density at radius 1 is 1.67 bits per heavy atom. The second-order valence-electron chi connectivity index (χ2n) is 4.48. The van der Waals surface area contributed by atoms with Crippen molar-refractivity contribution in [2.45, 2.75) is 38.8 Å². The number of ether oxygens (including phenoxy) is 1. The fourth-order valence-corrected chi connectivity index (χ4v) is 1.99. The second-order valence-corrected chi connectivity index (χ2v) is 4.48. The van der Waals surface area contributed by atoms with E-state index in [1.165, 1.54) is 6.42 Å². The van der Waals surface area contributed by atoms with Crippen molar-refractivity contribution in [1.29, 1.82) is 0 Å². The highest BCUT2D eigenvalue weighted by Crippen LogP contribution is 2.23. The Bertz CT molecular complexity index is 315. The first-order chi connectivity index (χ1) is 7.20. The lowest BCUT2D eigenvalue weighted by Gasteiger charge is -2.23. The van der Waals surface area contributed by atoms with Crippen LogP contribution in [0.25, 0.3) is 0 Å². The van der Waals surface area contributed by atoms with E-state index in [4.69, 9.17) is 4.74 Å². The van der Waals surface area contributed by atoms with Crippen LogP contribution in [0.4, 0.5) is 0 Å². The Kier molecular flexibility index (Phi) is 3.07. The average Bonchev–Trinajstić information content (AvgIpc) is 2.78. The molecule has 0 bridgehead atoms. The van der Waals surface area contributed by atoms with Crippen molar-refractivity contribution in [3.63, 3.8) is 0 Å². The summed E-state index contributed by atoms with van der Waals surface area (Å²) in [7, 11) is 0. The molecule has 0 amide bonds. The van der Waals surface area contributed by atoms with E-state index < -0.39 is 0 Å². The van der Waals surface area contributed by atoms with Gasteiger partial charge < -0.3 is 15.0 Å². The fraction of sp³-hybridized carbons (Fsp3) is 0.727. The molecule has 1 atom stereocenters. The second kappa shape index (κ2) is 4.33. The summed E-state index contributed by atoms with van der Waals surface area (Å²) in [6, 6.07) is 0. The van der Waals surface area contributed by atoms with Crippen molar-refractivity contribution in [3.05, 3.63) is 17.7 Å². The van der Waals surface area contributed by atoms with Gasteiger partial charge in [-0.1, -0.05) is 0 Å². The lowest BCUT2D eigenvalue weighted by molar-refractivity contribution is 0.0206. The Morgan fingerprint density at radius 2 is 2.53 bits per heavy atom. The number of H-pyrrole nitrogens is 1. The van der Waals surface area contributed by atoms with E-state index in [0.29, 0.717) is 0 Å². The summed E-state index contributed by atoms with van der Waals surface area (Å²) in [5.74, 6) is 0. The van der Waals surface area contributed by atoms with Crippen molar-refractivity contribution >= 4 is 0 Å². The minimum Gasteiger partial charge on any atom is -0.374 e. The summed E-state index contributed by atoms with van der Waals surface area (Å²) >= 11 is 0. The number of aromatic amines is 1. The number of imidazole rings is 1. The third-order valence-corrected chi connectivity index (χ3v) is 3.03. The van der Waals surface area contributed by atoms with Gasteiger partial charge in [0.1, 0.15) is 0 Å². The largest absolute Gasteiger partial charge is 0.374 e. The molecule has 1 unspecified atom stereocenters. The van der Waals surface area contributed by atoms with Crippen molar-refractivity contribution in [2.75, 3.05) is 13.2 Å². The Morgan fingerprint density at radius 3 is 3.13 bits per heavy atom. The van der Waals surface area contributed by atoms with Crippen molar-refractivity contribution in [1.82, 2.24) is 15.3 Å². The summed E-state index contributed by atoms with van der Waals surface area (Å²) in [4.78, 5) is 7.32. The van der Waals surface area contributed by atoms with E-state index in [2.05, 4.69) is 22.2 Å². The number of hydrogen-bond donors (Lipinski definition) is 2. The highest BCUT2D eigenvalue weighted by Gasteiger charge is 2.28. The lowest BCUT2D eigenvalue weighted by Crippen LogP contribution is -2.36. The third-order valence-electron chi connectivity index (χ3n) is 3.03. The van der Waals surface area contributed by atoms with E-state index in [0.717, 1.165) is 37.5 Å². The molecule has 15 heavy (non-hydrogen) atoms. The molecular weight excluding hydrogens is 190 g/mol. The van der Waals surface area contributed by atoms with Crippen LogP contribution >= 0.6 is 0 Å². The smallest absolute Gasteiger partial charge is 0.0925 e. The van der Waals surface area contributed by atoms with Gasteiger partial charge in [-0.3, -0.25) is 0 Å². The summed E-state index contributed by atoms with van der Waals surface area (Å²) in [6.07, 6.45) is 4.07. The van der Waals surface area contributed by atoms with Crippen LogP contribution in [0, 0.1) is 6.92 Å². The van der Waals surface area contributed by atoms with Crippen LogP contribution < -0.4 is 5.32 Å². The zero-order valence-corrected chi connectivity index (χ0v) is 9.47. The van der Waals surface area contributed by atoms with Crippen molar-refractivity contribution < 1.29 is 4.74 Å². The molecule has 84 valence electrons. The van der Waals surface area contributed by atoms with Crippen LogP contribution in [0.5, 0.6) is 0 Å². The maximum Gasteiger partial charge on any atom is 0.0925 e. The zero-order chi connectivity index (χ0) is 10.7. The van der Waals surface area contributed by atoms with Crippen LogP contribution in [-0.2, 0) is 11.3 Å². The van der Waals surface area contributed by atoms with Crippen LogP contribution in [0.1, 0.15) is 31.2 Å². The average molecular weight is 209 g/mol. The Balaban J connectivity index is 1.77. The quantitative estimate of drug-likeness (QED) is 0.787. The van der Waals surface area contributed by atoms with Crippen LogP contribution in [0.3, 0.4) is 0 Å². The molecule has 1 aromatic heterocycles. The van der Waals surface area contributed by atoms with Gasteiger partial charge in [-0.25, -0.2) is 4.98 Å². The van der Waals surface area contributed by atoms with Gasteiger partial charge in [0.25, 0.3) is 0 Å². The fourth-order valence-electron chi connectivity index (χ4n) is 1.99. The molecule has 4 nitrogen and oxygen atoms in total. The van der Waals surface area contributed by atoms with Crippen molar-refractivity contribution in [2.24, 2.45) is 0 Å². The molecule has 1 aliphatic rings. The maximum absolute atomic E-state index is 5.70. The van der Waals surface area contributed by atoms with E-state index in [-0.39, 0.29) is 5.60 Å². The Hall–Kier alpha value is -0.870. The summed E-state index contributed by atoms with van der Waals surface area (Å²) < 4.78 is 5.70. The van der Waals surface area contributed by atoms with Gasteiger partial charge in [-0.2, -0.15) is 0 Å². The topological polar surface area (TPSA) is 49.9 Å². The SMILES string of the molecule is Cc1[nH]cnc1CNCC1(C)CCCO1. The number of aromatic nitrogens is 2. The first-order valence-electron chi connectivity index (χ1n) is 5.53. The van der Waals surface area contributed by atoms with Gasteiger partial charge in [0.2, 0.25) is 0 Å². The van der Waals surface area contributed by atoms with Gasteiger partial charge in [0.05, 0.1) is 17.6 Å².